The standard InChI is InChI=1S/C32H25NO4/c1-20-12-15-24(18-21(20)2)33-29(23-13-16-25(17-14-23)36-19-22-8-4-3-5-9-22)28-30(34)26-10-6-7-11-27(26)37-31(28)32(33)35/h3-18,29H,19H2,1-2H3. The van der Waals surface area contributed by atoms with Gasteiger partial charge in [-0.05, 0) is 72.5 Å². The van der Waals surface area contributed by atoms with Crippen molar-refractivity contribution >= 4 is 22.6 Å². The maximum atomic E-state index is 13.8. The second kappa shape index (κ2) is 9.10. The van der Waals surface area contributed by atoms with Gasteiger partial charge in [-0.2, -0.15) is 0 Å². The SMILES string of the molecule is Cc1ccc(N2C(=O)c3oc4ccccc4c(=O)c3C2c2ccc(OCc3ccccc3)cc2)cc1C. The molecular formula is C32H25NO4. The molecule has 0 fully saturated rings. The number of benzene rings is 4. The summed E-state index contributed by atoms with van der Waals surface area (Å²) in [6, 6.07) is 29.9. The number of anilines is 1. The minimum Gasteiger partial charge on any atom is -0.489 e. The van der Waals surface area contributed by atoms with E-state index in [2.05, 4.69) is 0 Å². The molecule has 2 heterocycles. The van der Waals surface area contributed by atoms with Crippen molar-refractivity contribution in [2.24, 2.45) is 0 Å². The first-order chi connectivity index (χ1) is 18.0. The normalized spacial score (nSPS) is 14.7. The van der Waals surface area contributed by atoms with E-state index in [-0.39, 0.29) is 17.1 Å². The summed E-state index contributed by atoms with van der Waals surface area (Å²) < 4.78 is 12.0. The first kappa shape index (κ1) is 22.8. The van der Waals surface area contributed by atoms with E-state index < -0.39 is 6.04 Å². The minimum absolute atomic E-state index is 0.0938. The lowest BCUT2D eigenvalue weighted by Gasteiger charge is -2.26. The highest BCUT2D eigenvalue weighted by molar-refractivity contribution is 6.10. The number of carbonyl (C=O) groups is 1. The van der Waals surface area contributed by atoms with E-state index in [1.54, 1.807) is 29.2 Å². The van der Waals surface area contributed by atoms with Gasteiger partial charge in [0.2, 0.25) is 5.76 Å². The third-order valence-corrected chi connectivity index (χ3v) is 6.99. The molecule has 0 saturated heterocycles. The molecule has 1 amide bonds. The quantitative estimate of drug-likeness (QED) is 0.276. The molecule has 1 aliphatic rings. The van der Waals surface area contributed by atoms with E-state index in [1.165, 1.54) is 0 Å². The fraction of sp³-hybridized carbons (Fsp3) is 0.125. The molecular weight excluding hydrogens is 462 g/mol. The van der Waals surface area contributed by atoms with Crippen molar-refractivity contribution < 1.29 is 13.9 Å². The number of amides is 1. The van der Waals surface area contributed by atoms with E-state index >= 15 is 0 Å². The van der Waals surface area contributed by atoms with E-state index in [4.69, 9.17) is 9.15 Å². The van der Waals surface area contributed by atoms with Crippen molar-refractivity contribution in [3.05, 3.63) is 141 Å². The molecule has 1 atom stereocenters. The van der Waals surface area contributed by atoms with Crippen LogP contribution in [-0.2, 0) is 6.61 Å². The first-order valence-electron chi connectivity index (χ1n) is 12.2. The summed E-state index contributed by atoms with van der Waals surface area (Å²) in [6.45, 7) is 4.50. The topological polar surface area (TPSA) is 59.8 Å². The second-order valence-corrected chi connectivity index (χ2v) is 9.36. The van der Waals surface area contributed by atoms with Gasteiger partial charge in [0.25, 0.3) is 5.91 Å². The van der Waals surface area contributed by atoms with Crippen molar-refractivity contribution in [3.63, 3.8) is 0 Å². The molecule has 0 radical (unpaired) electrons. The van der Waals surface area contributed by atoms with Gasteiger partial charge in [0.1, 0.15) is 17.9 Å². The van der Waals surface area contributed by atoms with Crippen LogP contribution in [0.4, 0.5) is 5.69 Å². The summed E-state index contributed by atoms with van der Waals surface area (Å²) in [5, 5.41) is 0.462. The summed E-state index contributed by atoms with van der Waals surface area (Å²) in [7, 11) is 0. The van der Waals surface area contributed by atoms with Gasteiger partial charge in [0.15, 0.2) is 5.43 Å². The van der Waals surface area contributed by atoms with Gasteiger partial charge in [-0.25, -0.2) is 0 Å². The Balaban J connectivity index is 1.45. The van der Waals surface area contributed by atoms with Gasteiger partial charge in [0, 0.05) is 5.69 Å². The highest BCUT2D eigenvalue weighted by Gasteiger charge is 2.43. The number of nitrogens with zero attached hydrogens (tertiary/aromatic N) is 1. The third-order valence-electron chi connectivity index (χ3n) is 6.99. The van der Waals surface area contributed by atoms with Crippen molar-refractivity contribution in [3.8, 4) is 5.75 Å². The Hall–Kier alpha value is -4.64. The molecule has 182 valence electrons. The molecule has 1 unspecified atom stereocenters. The van der Waals surface area contributed by atoms with Gasteiger partial charge < -0.3 is 9.15 Å². The largest absolute Gasteiger partial charge is 0.489 e. The average Bonchev–Trinajstić information content (AvgIpc) is 3.22. The number of hydrogen-bond donors (Lipinski definition) is 0. The molecule has 1 aliphatic heterocycles. The monoisotopic (exact) mass is 487 g/mol. The van der Waals surface area contributed by atoms with Gasteiger partial charge in [0.05, 0.1) is 17.0 Å². The highest BCUT2D eigenvalue weighted by atomic mass is 16.5. The Bertz CT molecular complexity index is 1690. The predicted octanol–water partition coefficient (Wildman–Crippen LogP) is 6.74. The smallest absolute Gasteiger partial charge is 0.295 e. The van der Waals surface area contributed by atoms with Crippen molar-refractivity contribution in [1.29, 1.82) is 0 Å². The average molecular weight is 488 g/mol. The lowest BCUT2D eigenvalue weighted by Crippen LogP contribution is -2.29. The summed E-state index contributed by atoms with van der Waals surface area (Å²) in [4.78, 5) is 29.1. The van der Waals surface area contributed by atoms with Gasteiger partial charge >= 0.3 is 0 Å². The van der Waals surface area contributed by atoms with E-state index in [1.807, 2.05) is 86.6 Å². The lowest BCUT2D eigenvalue weighted by molar-refractivity contribution is 0.0971. The predicted molar refractivity (Wildman–Crippen MR) is 144 cm³/mol. The number of para-hydroxylation sites is 1. The Labute approximate surface area is 214 Å². The molecule has 0 spiro atoms. The van der Waals surface area contributed by atoms with E-state index in [0.717, 1.165) is 27.9 Å². The van der Waals surface area contributed by atoms with Crippen LogP contribution in [0.15, 0.2) is 106 Å². The highest BCUT2D eigenvalue weighted by Crippen LogP contribution is 2.42. The van der Waals surface area contributed by atoms with Crippen LogP contribution in [0.1, 0.15) is 44.4 Å². The zero-order valence-corrected chi connectivity index (χ0v) is 20.6. The van der Waals surface area contributed by atoms with Crippen LogP contribution in [0.5, 0.6) is 5.75 Å². The van der Waals surface area contributed by atoms with Gasteiger partial charge in [-0.3, -0.25) is 14.5 Å². The maximum Gasteiger partial charge on any atom is 0.295 e. The maximum absolute atomic E-state index is 13.8. The summed E-state index contributed by atoms with van der Waals surface area (Å²) in [5.74, 6) is 0.479. The summed E-state index contributed by atoms with van der Waals surface area (Å²) >= 11 is 0. The molecule has 6 rings (SSSR count). The Morgan fingerprint density at radius 1 is 0.811 bits per heavy atom. The molecule has 5 heteroatoms. The number of ether oxygens (including phenoxy) is 1. The lowest BCUT2D eigenvalue weighted by atomic mass is 9.98. The molecule has 0 bridgehead atoms. The number of hydrogen-bond acceptors (Lipinski definition) is 4. The first-order valence-corrected chi connectivity index (χ1v) is 12.2. The molecule has 0 aliphatic carbocycles. The summed E-state index contributed by atoms with van der Waals surface area (Å²) in [5.41, 5.74) is 5.37. The fourth-order valence-electron chi connectivity index (χ4n) is 4.86. The zero-order chi connectivity index (χ0) is 25.5. The summed E-state index contributed by atoms with van der Waals surface area (Å²) in [6.07, 6.45) is 0. The number of rotatable bonds is 5. The van der Waals surface area contributed by atoms with Gasteiger partial charge in [-0.1, -0.05) is 60.7 Å². The Morgan fingerprint density at radius 3 is 2.30 bits per heavy atom. The molecule has 5 nitrogen and oxygen atoms in total. The van der Waals surface area contributed by atoms with E-state index in [0.29, 0.717) is 28.9 Å². The van der Waals surface area contributed by atoms with Crippen LogP contribution in [0.2, 0.25) is 0 Å². The molecule has 0 saturated carbocycles. The number of fused-ring (bicyclic) bond motifs is 2. The number of aryl methyl sites for hydroxylation is 2. The fourth-order valence-corrected chi connectivity index (χ4v) is 4.86. The zero-order valence-electron chi connectivity index (χ0n) is 20.6. The molecule has 4 aromatic carbocycles. The number of carbonyl (C=O) groups excluding carboxylic acids is 1. The Kier molecular flexibility index (Phi) is 5.61. The van der Waals surface area contributed by atoms with E-state index in [9.17, 15) is 9.59 Å². The third kappa shape index (κ3) is 3.99. The van der Waals surface area contributed by atoms with Crippen LogP contribution in [0.25, 0.3) is 11.0 Å². The van der Waals surface area contributed by atoms with Crippen LogP contribution in [-0.4, -0.2) is 5.91 Å². The van der Waals surface area contributed by atoms with Crippen molar-refractivity contribution in [2.45, 2.75) is 26.5 Å². The minimum atomic E-state index is -0.617. The second-order valence-electron chi connectivity index (χ2n) is 9.36. The van der Waals surface area contributed by atoms with Crippen molar-refractivity contribution in [2.75, 3.05) is 4.90 Å². The molecule has 1 aromatic heterocycles. The molecule has 5 aromatic rings. The van der Waals surface area contributed by atoms with Crippen LogP contribution >= 0.6 is 0 Å². The van der Waals surface area contributed by atoms with Crippen LogP contribution < -0.4 is 15.1 Å². The van der Waals surface area contributed by atoms with Gasteiger partial charge in [-0.15, -0.1) is 0 Å². The molecule has 0 N–H and O–H groups in total. The van der Waals surface area contributed by atoms with Crippen LogP contribution in [0, 0.1) is 13.8 Å². The van der Waals surface area contributed by atoms with Crippen molar-refractivity contribution in [1.82, 2.24) is 0 Å². The molecule has 37 heavy (non-hydrogen) atoms. The van der Waals surface area contributed by atoms with Crippen LogP contribution in [0.3, 0.4) is 0 Å². The Morgan fingerprint density at radius 2 is 1.54 bits per heavy atom.